The van der Waals surface area contributed by atoms with Crippen LogP contribution in [-0.2, 0) is 4.79 Å². The topological polar surface area (TPSA) is 54.9 Å². The number of rotatable bonds is 5. The van der Waals surface area contributed by atoms with Gasteiger partial charge in [0.2, 0.25) is 5.91 Å². The Morgan fingerprint density at radius 2 is 2.15 bits per heavy atom. The molecule has 0 saturated heterocycles. The van der Waals surface area contributed by atoms with E-state index in [1.165, 1.54) is 11.9 Å². The van der Waals surface area contributed by atoms with Gasteiger partial charge >= 0.3 is 0 Å². The molecular weight excluding hydrogens is 270 g/mol. The number of aromatic nitrogens is 2. The molecule has 1 N–H and O–H groups in total. The van der Waals surface area contributed by atoms with E-state index in [4.69, 9.17) is 0 Å². The highest BCUT2D eigenvalue weighted by molar-refractivity contribution is 8.00. The molecule has 0 aliphatic rings. The van der Waals surface area contributed by atoms with Gasteiger partial charge in [-0.25, -0.2) is 9.97 Å². The van der Waals surface area contributed by atoms with Crippen LogP contribution in [0, 0.1) is 6.92 Å². The number of nitrogens with one attached hydrogen (secondary N) is 1. The van der Waals surface area contributed by atoms with Crippen molar-refractivity contribution in [3.63, 3.8) is 0 Å². The molecule has 0 bridgehead atoms. The number of hydrogen-bond acceptors (Lipinski definition) is 4. The van der Waals surface area contributed by atoms with Crippen molar-refractivity contribution in [3.8, 4) is 0 Å². The maximum atomic E-state index is 11.9. The fraction of sp³-hybridized carbons (Fsp3) is 0.267. The number of amides is 1. The van der Waals surface area contributed by atoms with Gasteiger partial charge in [-0.3, -0.25) is 4.79 Å². The van der Waals surface area contributed by atoms with Gasteiger partial charge in [0, 0.05) is 11.1 Å². The molecule has 0 saturated carbocycles. The molecule has 0 fully saturated rings. The Bertz CT molecular complexity index is 574. The van der Waals surface area contributed by atoms with Crippen molar-refractivity contribution < 1.29 is 4.79 Å². The van der Waals surface area contributed by atoms with E-state index < -0.39 is 0 Å². The third kappa shape index (κ3) is 4.06. The van der Waals surface area contributed by atoms with Crippen LogP contribution in [0.15, 0.2) is 47.8 Å². The second-order valence-corrected chi connectivity index (χ2v) is 5.49. The van der Waals surface area contributed by atoms with E-state index in [1.807, 2.05) is 38.1 Å². The fourth-order valence-corrected chi connectivity index (χ4v) is 2.62. The highest BCUT2D eigenvalue weighted by Gasteiger charge is 2.11. The lowest BCUT2D eigenvalue weighted by Crippen LogP contribution is -2.28. The fourth-order valence-electron chi connectivity index (χ4n) is 1.78. The third-order valence-electron chi connectivity index (χ3n) is 2.88. The standard InChI is InChI=1S/C15H17N3OS/c1-11-5-3-4-6-14(11)20-9-15(19)18-12(2)13-7-8-16-10-17-13/h3-8,10,12H,9H2,1-2H3,(H,18,19)/t12-/m0/s1. The predicted octanol–water partition coefficient (Wildman–Crippen LogP) is 2.75. The summed E-state index contributed by atoms with van der Waals surface area (Å²) >= 11 is 1.55. The van der Waals surface area contributed by atoms with Gasteiger partial charge in [0.1, 0.15) is 6.33 Å². The molecule has 1 atom stereocenters. The minimum atomic E-state index is -0.108. The molecule has 5 heteroatoms. The lowest BCUT2D eigenvalue weighted by atomic mass is 10.2. The minimum Gasteiger partial charge on any atom is -0.347 e. The summed E-state index contributed by atoms with van der Waals surface area (Å²) in [6.45, 7) is 3.96. The first-order chi connectivity index (χ1) is 9.66. The number of thioether (sulfide) groups is 1. The van der Waals surface area contributed by atoms with Crippen LogP contribution in [-0.4, -0.2) is 21.6 Å². The van der Waals surface area contributed by atoms with Crippen molar-refractivity contribution in [1.82, 2.24) is 15.3 Å². The number of aryl methyl sites for hydroxylation is 1. The van der Waals surface area contributed by atoms with E-state index in [9.17, 15) is 4.79 Å². The Kier molecular flexibility index (Phi) is 5.12. The molecule has 4 nitrogen and oxygen atoms in total. The first-order valence-corrected chi connectivity index (χ1v) is 7.39. The van der Waals surface area contributed by atoms with Gasteiger partial charge in [-0.05, 0) is 31.5 Å². The summed E-state index contributed by atoms with van der Waals surface area (Å²) in [6, 6.07) is 9.75. The van der Waals surface area contributed by atoms with E-state index in [0.29, 0.717) is 5.75 Å². The van der Waals surface area contributed by atoms with Crippen LogP contribution in [0.2, 0.25) is 0 Å². The summed E-state index contributed by atoms with van der Waals surface area (Å²) in [5.41, 5.74) is 2.00. The Labute approximate surface area is 123 Å². The summed E-state index contributed by atoms with van der Waals surface area (Å²) in [5.74, 6) is 0.407. The molecule has 0 unspecified atom stereocenters. The number of carbonyl (C=O) groups is 1. The highest BCUT2D eigenvalue weighted by Crippen LogP contribution is 2.21. The monoisotopic (exact) mass is 287 g/mol. The average molecular weight is 287 g/mol. The van der Waals surface area contributed by atoms with Crippen molar-refractivity contribution in [3.05, 3.63) is 54.1 Å². The highest BCUT2D eigenvalue weighted by atomic mass is 32.2. The van der Waals surface area contributed by atoms with Crippen LogP contribution < -0.4 is 5.32 Å². The Morgan fingerprint density at radius 1 is 1.35 bits per heavy atom. The molecule has 20 heavy (non-hydrogen) atoms. The minimum absolute atomic E-state index is 0.00404. The molecule has 1 aromatic carbocycles. The zero-order chi connectivity index (χ0) is 14.4. The predicted molar refractivity (Wildman–Crippen MR) is 80.5 cm³/mol. The SMILES string of the molecule is Cc1ccccc1SCC(=O)N[C@@H](C)c1ccncn1. The second-order valence-electron chi connectivity index (χ2n) is 4.48. The van der Waals surface area contributed by atoms with Crippen LogP contribution in [0.5, 0.6) is 0 Å². The Balaban J connectivity index is 1.86. The molecule has 1 aromatic heterocycles. The summed E-state index contributed by atoms with van der Waals surface area (Å²) in [5, 5.41) is 2.94. The van der Waals surface area contributed by atoms with E-state index in [0.717, 1.165) is 10.6 Å². The van der Waals surface area contributed by atoms with E-state index in [1.54, 1.807) is 24.0 Å². The molecule has 1 heterocycles. The smallest absolute Gasteiger partial charge is 0.230 e. The Hall–Kier alpha value is -1.88. The third-order valence-corrected chi connectivity index (χ3v) is 4.05. The van der Waals surface area contributed by atoms with Crippen molar-refractivity contribution in [1.29, 1.82) is 0 Å². The van der Waals surface area contributed by atoms with Crippen molar-refractivity contribution in [2.45, 2.75) is 24.8 Å². The molecule has 0 radical (unpaired) electrons. The first kappa shape index (κ1) is 14.5. The maximum Gasteiger partial charge on any atom is 0.230 e. The normalized spacial score (nSPS) is 11.9. The van der Waals surface area contributed by atoms with Gasteiger partial charge in [0.15, 0.2) is 0 Å². The van der Waals surface area contributed by atoms with E-state index in [2.05, 4.69) is 15.3 Å². The molecular formula is C15H17N3OS. The first-order valence-electron chi connectivity index (χ1n) is 6.40. The van der Waals surface area contributed by atoms with Crippen molar-refractivity contribution in [2.24, 2.45) is 0 Å². The van der Waals surface area contributed by atoms with Gasteiger partial charge in [-0.15, -0.1) is 11.8 Å². The second kappa shape index (κ2) is 7.05. The largest absolute Gasteiger partial charge is 0.347 e. The maximum absolute atomic E-state index is 11.9. The van der Waals surface area contributed by atoms with Gasteiger partial charge in [-0.1, -0.05) is 18.2 Å². The summed E-state index contributed by atoms with van der Waals surface area (Å²) in [4.78, 5) is 21.1. The lowest BCUT2D eigenvalue weighted by molar-refractivity contribution is -0.119. The van der Waals surface area contributed by atoms with Crippen LogP contribution in [0.1, 0.15) is 24.2 Å². The number of carbonyl (C=O) groups excluding carboxylic acids is 1. The lowest BCUT2D eigenvalue weighted by Gasteiger charge is -2.13. The van der Waals surface area contributed by atoms with Crippen LogP contribution in [0.3, 0.4) is 0 Å². The molecule has 0 spiro atoms. The molecule has 0 aliphatic heterocycles. The molecule has 1 amide bonds. The van der Waals surface area contributed by atoms with Gasteiger partial charge in [0.25, 0.3) is 0 Å². The number of benzene rings is 1. The summed E-state index contributed by atoms with van der Waals surface area (Å²) in [7, 11) is 0. The van der Waals surface area contributed by atoms with E-state index in [-0.39, 0.29) is 11.9 Å². The van der Waals surface area contributed by atoms with Crippen LogP contribution in [0.25, 0.3) is 0 Å². The summed E-state index contributed by atoms with van der Waals surface area (Å²) < 4.78 is 0. The molecule has 2 rings (SSSR count). The van der Waals surface area contributed by atoms with Gasteiger partial charge in [0.05, 0.1) is 17.5 Å². The quantitative estimate of drug-likeness (QED) is 0.859. The number of nitrogens with zero attached hydrogens (tertiary/aromatic N) is 2. The number of hydrogen-bond donors (Lipinski definition) is 1. The van der Waals surface area contributed by atoms with Crippen molar-refractivity contribution >= 4 is 17.7 Å². The molecule has 0 aliphatic carbocycles. The van der Waals surface area contributed by atoms with Gasteiger partial charge in [-0.2, -0.15) is 0 Å². The van der Waals surface area contributed by atoms with E-state index >= 15 is 0 Å². The molecule has 2 aromatic rings. The summed E-state index contributed by atoms with van der Waals surface area (Å²) in [6.07, 6.45) is 3.16. The van der Waals surface area contributed by atoms with Crippen molar-refractivity contribution in [2.75, 3.05) is 5.75 Å². The van der Waals surface area contributed by atoms with Crippen LogP contribution in [0.4, 0.5) is 0 Å². The molecule has 104 valence electrons. The zero-order valence-corrected chi connectivity index (χ0v) is 12.4. The van der Waals surface area contributed by atoms with Crippen LogP contribution >= 0.6 is 11.8 Å². The Morgan fingerprint density at radius 3 is 2.85 bits per heavy atom. The zero-order valence-electron chi connectivity index (χ0n) is 11.5. The average Bonchev–Trinajstić information content (AvgIpc) is 2.47. The van der Waals surface area contributed by atoms with Gasteiger partial charge < -0.3 is 5.32 Å².